The van der Waals surface area contributed by atoms with Crippen molar-refractivity contribution in [1.29, 1.82) is 0 Å². The first-order chi connectivity index (χ1) is 9.10. The Bertz CT molecular complexity index is 566. The normalized spacial score (nSPS) is 10.7. The zero-order chi connectivity index (χ0) is 13.8. The lowest BCUT2D eigenvalue weighted by molar-refractivity contribution is 0.637. The minimum absolute atomic E-state index is 0.688. The molecule has 0 saturated carbocycles. The number of nitrogens with one attached hydrogen (secondary N) is 1. The Labute approximate surface area is 127 Å². The predicted octanol–water partition coefficient (Wildman–Crippen LogP) is 5.15. The van der Waals surface area contributed by atoms with Gasteiger partial charge in [-0.15, -0.1) is 0 Å². The standard InChI is InChI=1S/C14H17BrClN3/c1-3-4-7-19-9-10(2)17-14(19)18-11-5-6-12(15)13(16)8-11/h5-6,8-9H,3-4,7H2,1-2H3,(H,17,18). The summed E-state index contributed by atoms with van der Waals surface area (Å²) in [6, 6.07) is 5.79. The van der Waals surface area contributed by atoms with Gasteiger partial charge in [0.25, 0.3) is 0 Å². The second kappa shape index (κ2) is 6.44. The smallest absolute Gasteiger partial charge is 0.207 e. The van der Waals surface area contributed by atoms with E-state index < -0.39 is 0 Å². The number of imidazole rings is 1. The quantitative estimate of drug-likeness (QED) is 0.814. The summed E-state index contributed by atoms with van der Waals surface area (Å²) in [5, 5.41) is 4.01. The van der Waals surface area contributed by atoms with Crippen LogP contribution in [0.4, 0.5) is 11.6 Å². The average molecular weight is 343 g/mol. The van der Waals surface area contributed by atoms with Gasteiger partial charge in [0, 0.05) is 22.9 Å². The van der Waals surface area contributed by atoms with E-state index in [1.807, 2.05) is 25.1 Å². The van der Waals surface area contributed by atoms with Gasteiger partial charge in [-0.25, -0.2) is 4.98 Å². The molecule has 0 amide bonds. The Morgan fingerprint density at radius 1 is 1.42 bits per heavy atom. The summed E-state index contributed by atoms with van der Waals surface area (Å²) in [4.78, 5) is 4.51. The molecule has 19 heavy (non-hydrogen) atoms. The Kier molecular flexibility index (Phi) is 4.88. The molecule has 2 aromatic rings. The van der Waals surface area contributed by atoms with Crippen molar-refractivity contribution in [3.63, 3.8) is 0 Å². The van der Waals surface area contributed by atoms with Gasteiger partial charge in [-0.05, 0) is 47.5 Å². The minimum atomic E-state index is 0.688. The van der Waals surface area contributed by atoms with Crippen LogP contribution >= 0.6 is 27.5 Å². The maximum absolute atomic E-state index is 6.09. The number of hydrogen-bond acceptors (Lipinski definition) is 2. The van der Waals surface area contributed by atoms with Crippen LogP contribution in [-0.2, 0) is 6.54 Å². The van der Waals surface area contributed by atoms with Crippen LogP contribution in [-0.4, -0.2) is 9.55 Å². The number of anilines is 2. The molecule has 1 heterocycles. The highest BCUT2D eigenvalue weighted by molar-refractivity contribution is 9.10. The van der Waals surface area contributed by atoms with E-state index in [0.717, 1.165) is 34.8 Å². The topological polar surface area (TPSA) is 29.9 Å². The third-order valence-corrected chi connectivity index (χ3v) is 4.06. The number of benzene rings is 1. The predicted molar refractivity (Wildman–Crippen MR) is 84.3 cm³/mol. The third kappa shape index (κ3) is 3.74. The summed E-state index contributed by atoms with van der Waals surface area (Å²) < 4.78 is 3.04. The van der Waals surface area contributed by atoms with Gasteiger partial charge >= 0.3 is 0 Å². The summed E-state index contributed by atoms with van der Waals surface area (Å²) in [6.07, 6.45) is 4.38. The first kappa shape index (κ1) is 14.4. The number of aryl methyl sites for hydroxylation is 2. The number of halogens is 2. The number of nitrogens with zero attached hydrogens (tertiary/aromatic N) is 2. The zero-order valence-electron chi connectivity index (χ0n) is 11.1. The van der Waals surface area contributed by atoms with Crippen molar-refractivity contribution < 1.29 is 0 Å². The molecule has 0 spiro atoms. The highest BCUT2D eigenvalue weighted by Crippen LogP contribution is 2.27. The van der Waals surface area contributed by atoms with E-state index >= 15 is 0 Å². The van der Waals surface area contributed by atoms with Gasteiger partial charge in [-0.3, -0.25) is 0 Å². The summed E-state index contributed by atoms with van der Waals surface area (Å²) in [5.74, 6) is 0.865. The van der Waals surface area contributed by atoms with E-state index in [1.54, 1.807) is 0 Å². The molecule has 0 aliphatic carbocycles. The fraction of sp³-hybridized carbons (Fsp3) is 0.357. The van der Waals surface area contributed by atoms with Crippen LogP contribution in [0.3, 0.4) is 0 Å². The maximum Gasteiger partial charge on any atom is 0.207 e. The van der Waals surface area contributed by atoms with Crippen molar-refractivity contribution in [2.24, 2.45) is 0 Å². The largest absolute Gasteiger partial charge is 0.326 e. The number of hydrogen-bond donors (Lipinski definition) is 1. The number of aromatic nitrogens is 2. The molecule has 1 aromatic carbocycles. The monoisotopic (exact) mass is 341 g/mol. The minimum Gasteiger partial charge on any atom is -0.326 e. The van der Waals surface area contributed by atoms with Gasteiger partial charge in [0.15, 0.2) is 0 Å². The molecule has 102 valence electrons. The molecule has 0 radical (unpaired) electrons. The van der Waals surface area contributed by atoms with Crippen molar-refractivity contribution in [2.45, 2.75) is 33.2 Å². The SMILES string of the molecule is CCCCn1cc(C)nc1Nc1ccc(Br)c(Cl)c1. The summed E-state index contributed by atoms with van der Waals surface area (Å²) in [6.45, 7) is 5.16. The van der Waals surface area contributed by atoms with Crippen LogP contribution in [0, 0.1) is 6.92 Å². The highest BCUT2D eigenvalue weighted by atomic mass is 79.9. The second-order valence-corrected chi connectivity index (χ2v) is 5.77. The highest BCUT2D eigenvalue weighted by Gasteiger charge is 2.06. The Morgan fingerprint density at radius 2 is 2.21 bits per heavy atom. The molecule has 0 saturated heterocycles. The van der Waals surface area contributed by atoms with Gasteiger partial charge in [0.2, 0.25) is 5.95 Å². The van der Waals surface area contributed by atoms with E-state index in [2.05, 4.69) is 43.9 Å². The fourth-order valence-electron chi connectivity index (χ4n) is 1.85. The summed E-state index contributed by atoms with van der Waals surface area (Å²) in [5.41, 5.74) is 1.96. The first-order valence-corrected chi connectivity index (χ1v) is 7.53. The molecule has 0 atom stereocenters. The van der Waals surface area contributed by atoms with Crippen LogP contribution < -0.4 is 5.32 Å². The van der Waals surface area contributed by atoms with Crippen molar-refractivity contribution >= 4 is 39.2 Å². The molecule has 0 aliphatic rings. The van der Waals surface area contributed by atoms with E-state index in [0.29, 0.717) is 5.02 Å². The van der Waals surface area contributed by atoms with Gasteiger partial charge in [-0.1, -0.05) is 24.9 Å². The van der Waals surface area contributed by atoms with Gasteiger partial charge in [0.05, 0.1) is 10.7 Å². The van der Waals surface area contributed by atoms with Crippen molar-refractivity contribution in [2.75, 3.05) is 5.32 Å². The van der Waals surface area contributed by atoms with Crippen molar-refractivity contribution in [3.05, 3.63) is 39.6 Å². The van der Waals surface area contributed by atoms with Crippen LogP contribution in [0.5, 0.6) is 0 Å². The lowest BCUT2D eigenvalue weighted by Gasteiger charge is -2.10. The maximum atomic E-state index is 6.09. The lowest BCUT2D eigenvalue weighted by Crippen LogP contribution is -2.03. The van der Waals surface area contributed by atoms with Crippen LogP contribution in [0.2, 0.25) is 5.02 Å². The van der Waals surface area contributed by atoms with E-state index in [4.69, 9.17) is 11.6 Å². The Morgan fingerprint density at radius 3 is 2.89 bits per heavy atom. The van der Waals surface area contributed by atoms with Crippen LogP contribution in [0.25, 0.3) is 0 Å². The van der Waals surface area contributed by atoms with E-state index in [1.165, 1.54) is 6.42 Å². The Hall–Kier alpha value is -1.000. The lowest BCUT2D eigenvalue weighted by atomic mass is 10.3. The first-order valence-electron chi connectivity index (χ1n) is 6.36. The van der Waals surface area contributed by atoms with Gasteiger partial charge < -0.3 is 9.88 Å². The van der Waals surface area contributed by atoms with Crippen molar-refractivity contribution in [3.8, 4) is 0 Å². The molecule has 1 aromatic heterocycles. The fourth-order valence-corrected chi connectivity index (χ4v) is 2.28. The number of rotatable bonds is 5. The van der Waals surface area contributed by atoms with Crippen molar-refractivity contribution in [1.82, 2.24) is 9.55 Å². The van der Waals surface area contributed by atoms with E-state index in [-0.39, 0.29) is 0 Å². The van der Waals surface area contributed by atoms with E-state index in [9.17, 15) is 0 Å². The third-order valence-electron chi connectivity index (χ3n) is 2.83. The molecule has 2 rings (SSSR count). The van der Waals surface area contributed by atoms with Gasteiger partial charge in [0.1, 0.15) is 0 Å². The molecule has 0 unspecified atom stereocenters. The summed E-state index contributed by atoms with van der Waals surface area (Å²) in [7, 11) is 0. The molecule has 5 heteroatoms. The molecule has 1 N–H and O–H groups in total. The molecular formula is C14H17BrClN3. The number of unbranched alkanes of at least 4 members (excludes halogenated alkanes) is 1. The molecular weight excluding hydrogens is 326 g/mol. The molecule has 0 bridgehead atoms. The molecule has 0 aliphatic heterocycles. The molecule has 3 nitrogen and oxygen atoms in total. The Balaban J connectivity index is 2.19. The summed E-state index contributed by atoms with van der Waals surface area (Å²) >= 11 is 9.48. The zero-order valence-corrected chi connectivity index (χ0v) is 13.4. The second-order valence-electron chi connectivity index (χ2n) is 4.51. The molecule has 0 fully saturated rings. The van der Waals surface area contributed by atoms with Crippen LogP contribution in [0.1, 0.15) is 25.5 Å². The average Bonchev–Trinajstić information content (AvgIpc) is 2.71. The van der Waals surface area contributed by atoms with Crippen LogP contribution in [0.15, 0.2) is 28.9 Å². The van der Waals surface area contributed by atoms with Gasteiger partial charge in [-0.2, -0.15) is 0 Å².